The van der Waals surface area contributed by atoms with Gasteiger partial charge in [0, 0.05) is 17.3 Å². The minimum Gasteiger partial charge on any atom is -0.493 e. The van der Waals surface area contributed by atoms with Crippen LogP contribution in [0.3, 0.4) is 0 Å². The van der Waals surface area contributed by atoms with E-state index < -0.39 is 24.2 Å². The molecule has 6 nitrogen and oxygen atoms in total. The molecule has 45 heavy (non-hydrogen) atoms. The Morgan fingerprint density at radius 3 is 2.22 bits per heavy atom. The molecule has 10 heteroatoms. The zero-order valence-corrected chi connectivity index (χ0v) is 26.8. The summed E-state index contributed by atoms with van der Waals surface area (Å²) >= 11 is 6.23. The number of halogens is 4. The summed E-state index contributed by atoms with van der Waals surface area (Å²) < 4.78 is 49.7. The van der Waals surface area contributed by atoms with Crippen molar-refractivity contribution in [1.82, 2.24) is 4.90 Å². The number of rotatable bonds is 9. The molecular formula is C35H40ClF3N2O4. The molecule has 2 atom stereocenters. The second kappa shape index (κ2) is 13.2. The molecule has 5 rings (SSSR count). The molecule has 1 saturated heterocycles. The predicted molar refractivity (Wildman–Crippen MR) is 169 cm³/mol. The molecule has 1 unspecified atom stereocenters. The molecule has 242 valence electrons. The van der Waals surface area contributed by atoms with Crippen molar-refractivity contribution in [3.05, 3.63) is 87.9 Å². The number of ether oxygens (including phenoxy) is 2. The van der Waals surface area contributed by atoms with E-state index in [-0.39, 0.29) is 30.9 Å². The summed E-state index contributed by atoms with van der Waals surface area (Å²) in [5, 5.41) is 12.2. The Bertz CT molecular complexity index is 1480. The number of fused-ring (bicyclic) bond motifs is 1. The van der Waals surface area contributed by atoms with Crippen LogP contribution in [0.1, 0.15) is 68.3 Å². The number of alkyl halides is 3. The average Bonchev–Trinajstić information content (AvgIpc) is 2.99. The van der Waals surface area contributed by atoms with Gasteiger partial charge < -0.3 is 24.4 Å². The summed E-state index contributed by atoms with van der Waals surface area (Å²) in [7, 11) is 1.58. The number of amides is 1. The van der Waals surface area contributed by atoms with Gasteiger partial charge in [0.25, 0.3) is 0 Å². The number of methoxy groups -OCH3 is 1. The molecule has 1 N–H and O–H groups in total. The summed E-state index contributed by atoms with van der Waals surface area (Å²) in [6.07, 6.45) is -3.73. The van der Waals surface area contributed by atoms with Crippen LogP contribution in [-0.2, 0) is 16.8 Å². The third-order valence-corrected chi connectivity index (χ3v) is 9.21. The predicted octanol–water partition coefficient (Wildman–Crippen LogP) is 7.69. The van der Waals surface area contributed by atoms with E-state index in [4.69, 9.17) is 21.1 Å². The van der Waals surface area contributed by atoms with Crippen molar-refractivity contribution in [2.75, 3.05) is 31.6 Å². The summed E-state index contributed by atoms with van der Waals surface area (Å²) in [5.74, 6) is 0.963. The van der Waals surface area contributed by atoms with Crippen LogP contribution in [0.5, 0.6) is 11.5 Å². The van der Waals surface area contributed by atoms with Gasteiger partial charge in [0.05, 0.1) is 37.7 Å². The third kappa shape index (κ3) is 7.42. The van der Waals surface area contributed by atoms with Gasteiger partial charge in [-0.25, -0.2) is 0 Å². The highest BCUT2D eigenvalue weighted by molar-refractivity contribution is 6.30. The summed E-state index contributed by atoms with van der Waals surface area (Å²) in [4.78, 5) is 17.4. The molecule has 1 amide bonds. The first-order valence-electron chi connectivity index (χ1n) is 15.3. The Balaban J connectivity index is 1.44. The zero-order valence-electron chi connectivity index (χ0n) is 26.0. The molecule has 0 aliphatic carbocycles. The van der Waals surface area contributed by atoms with Crippen LogP contribution in [0.4, 0.5) is 18.9 Å². The summed E-state index contributed by atoms with van der Waals surface area (Å²) in [6.45, 7) is 6.64. The Morgan fingerprint density at radius 1 is 1.00 bits per heavy atom. The monoisotopic (exact) mass is 644 g/mol. The van der Waals surface area contributed by atoms with Crippen molar-refractivity contribution in [1.29, 1.82) is 0 Å². The summed E-state index contributed by atoms with van der Waals surface area (Å²) in [5.41, 5.74) is 2.84. The van der Waals surface area contributed by atoms with E-state index in [1.807, 2.05) is 67.3 Å². The molecule has 0 aromatic heterocycles. The maximum atomic E-state index is 13.8. The van der Waals surface area contributed by atoms with Gasteiger partial charge in [0.15, 0.2) is 11.5 Å². The fourth-order valence-corrected chi connectivity index (χ4v) is 6.65. The molecule has 0 bridgehead atoms. The molecule has 3 aromatic rings. The number of piperidine rings is 1. The first-order valence-corrected chi connectivity index (χ1v) is 15.7. The fraction of sp³-hybridized carbons (Fsp3) is 0.457. The first kappa shape index (κ1) is 33.1. The van der Waals surface area contributed by atoms with Crippen LogP contribution < -0.4 is 14.4 Å². The smallest absolute Gasteiger partial charge is 0.390 e. The quantitative estimate of drug-likeness (QED) is 0.259. The van der Waals surface area contributed by atoms with E-state index in [9.17, 15) is 23.1 Å². The second-order valence-corrected chi connectivity index (χ2v) is 12.9. The van der Waals surface area contributed by atoms with Crippen molar-refractivity contribution < 1.29 is 32.5 Å². The average molecular weight is 645 g/mol. The second-order valence-electron chi connectivity index (χ2n) is 12.4. The number of benzene rings is 3. The number of anilines is 1. The highest BCUT2D eigenvalue weighted by atomic mass is 35.5. The van der Waals surface area contributed by atoms with Gasteiger partial charge in [-0.3, -0.25) is 4.79 Å². The minimum atomic E-state index is -4.18. The lowest BCUT2D eigenvalue weighted by Gasteiger charge is -2.40. The Hall–Kier alpha value is -3.27. The van der Waals surface area contributed by atoms with E-state index >= 15 is 0 Å². The largest absolute Gasteiger partial charge is 0.493 e. The van der Waals surface area contributed by atoms with Gasteiger partial charge >= 0.3 is 6.18 Å². The van der Waals surface area contributed by atoms with E-state index in [1.54, 1.807) is 31.1 Å². The molecular weight excluding hydrogens is 605 g/mol. The highest BCUT2D eigenvalue weighted by Gasteiger charge is 2.39. The molecule has 0 radical (unpaired) electrons. The maximum absolute atomic E-state index is 13.8. The first-order chi connectivity index (χ1) is 21.3. The van der Waals surface area contributed by atoms with Crippen LogP contribution in [0.25, 0.3) is 0 Å². The van der Waals surface area contributed by atoms with Crippen molar-refractivity contribution in [3.8, 4) is 11.5 Å². The zero-order chi connectivity index (χ0) is 32.5. The normalized spacial score (nSPS) is 19.4. The molecule has 3 aromatic carbocycles. The van der Waals surface area contributed by atoms with Crippen LogP contribution in [-0.4, -0.2) is 54.9 Å². The SMILES string of the molecule is COc1cc2c(cc1OC(C)C)[C@H](c1ccc(Cl)cc1)N(c1ccc(C(C)(O)C3CCN(CCC(F)(F)F)CC3)cc1)C(=O)C2. The molecule has 2 aliphatic heterocycles. The fourth-order valence-electron chi connectivity index (χ4n) is 6.53. The molecule has 0 spiro atoms. The summed E-state index contributed by atoms with van der Waals surface area (Å²) in [6, 6.07) is 18.2. The third-order valence-electron chi connectivity index (χ3n) is 8.96. The molecule has 1 fully saturated rings. The van der Waals surface area contributed by atoms with Crippen LogP contribution >= 0.6 is 11.6 Å². The molecule has 0 saturated carbocycles. The van der Waals surface area contributed by atoms with Gasteiger partial charge in [-0.1, -0.05) is 35.9 Å². The minimum absolute atomic E-state index is 0.0211. The Morgan fingerprint density at radius 2 is 1.64 bits per heavy atom. The number of carbonyl (C=O) groups excluding carboxylic acids is 1. The number of nitrogens with zero attached hydrogens (tertiary/aromatic N) is 2. The van der Waals surface area contributed by atoms with Crippen molar-refractivity contribution in [2.45, 2.75) is 70.4 Å². The van der Waals surface area contributed by atoms with Gasteiger partial charge in [0.1, 0.15) is 0 Å². The van der Waals surface area contributed by atoms with E-state index in [1.165, 1.54) is 0 Å². The van der Waals surface area contributed by atoms with Gasteiger partial charge in [0.2, 0.25) is 5.91 Å². The number of aliphatic hydroxyl groups is 1. The topological polar surface area (TPSA) is 62.2 Å². The molecule has 2 aliphatic rings. The van der Waals surface area contributed by atoms with Gasteiger partial charge in [-0.2, -0.15) is 13.2 Å². The highest BCUT2D eigenvalue weighted by Crippen LogP contribution is 2.44. The van der Waals surface area contributed by atoms with Gasteiger partial charge in [-0.15, -0.1) is 0 Å². The number of hydrogen-bond acceptors (Lipinski definition) is 5. The van der Waals surface area contributed by atoms with E-state index in [0.717, 1.165) is 16.7 Å². The van der Waals surface area contributed by atoms with Crippen molar-refractivity contribution >= 4 is 23.2 Å². The Kier molecular flexibility index (Phi) is 9.73. The van der Waals surface area contributed by atoms with Crippen LogP contribution in [0.15, 0.2) is 60.7 Å². The lowest BCUT2D eigenvalue weighted by atomic mass is 9.77. The van der Waals surface area contributed by atoms with Crippen LogP contribution in [0, 0.1) is 5.92 Å². The standard InChI is InChI=1S/C35H40ClF3N2O4/c1-22(2)45-31-21-29-24(19-30(31)44-4)20-32(42)41(33(29)23-5-9-27(36)10-6-23)28-11-7-25(8-12-28)34(3,43)26-13-16-40(17-14-26)18-15-35(37,38)39/h5-12,19,21-22,26,33,43H,13-18,20H2,1-4H3/t33-,34?/m0/s1. The van der Waals surface area contributed by atoms with E-state index in [0.29, 0.717) is 53.7 Å². The van der Waals surface area contributed by atoms with Crippen LogP contribution in [0.2, 0.25) is 5.02 Å². The lowest BCUT2D eigenvalue weighted by molar-refractivity contribution is -0.139. The van der Waals surface area contributed by atoms with Crippen molar-refractivity contribution in [2.24, 2.45) is 5.92 Å². The van der Waals surface area contributed by atoms with Gasteiger partial charge in [-0.05, 0) is 111 Å². The number of likely N-dealkylation sites (tertiary alicyclic amines) is 1. The maximum Gasteiger partial charge on any atom is 0.390 e. The lowest BCUT2D eigenvalue weighted by Crippen LogP contribution is -2.43. The number of carbonyl (C=O) groups is 1. The van der Waals surface area contributed by atoms with E-state index in [2.05, 4.69) is 0 Å². The Labute approximate surface area is 267 Å². The number of hydrogen-bond donors (Lipinski definition) is 1. The van der Waals surface area contributed by atoms with Crippen molar-refractivity contribution in [3.63, 3.8) is 0 Å². The molecule has 2 heterocycles.